The van der Waals surface area contributed by atoms with Crippen molar-refractivity contribution in [3.63, 3.8) is 0 Å². The SMILES string of the molecule is Nc1nccc(COc2nsnc2N2CCN(C(=O)Nc3cc(C(F)(F)F)cc(C(F)(F)F)c3)CC2)n1. The number of nitrogens with one attached hydrogen (secondary N) is 1. The van der Waals surface area contributed by atoms with Crippen molar-refractivity contribution in [3.05, 3.63) is 47.3 Å². The topological polar surface area (TPSA) is 122 Å². The molecule has 0 bridgehead atoms. The number of benzene rings is 1. The molecular weight excluding hydrogens is 530 g/mol. The van der Waals surface area contributed by atoms with Gasteiger partial charge in [0.1, 0.15) is 6.61 Å². The Bertz CT molecular complexity index is 1230. The number of nitrogens with two attached hydrogens (primary N) is 1. The smallest absolute Gasteiger partial charge is 0.416 e. The molecule has 1 saturated heterocycles. The first-order valence-electron chi connectivity index (χ1n) is 10.5. The molecule has 1 aromatic carbocycles. The minimum Gasteiger partial charge on any atom is -0.468 e. The van der Waals surface area contributed by atoms with Gasteiger partial charge in [-0.25, -0.2) is 14.8 Å². The second-order valence-electron chi connectivity index (χ2n) is 7.79. The Hall–Kier alpha value is -3.89. The van der Waals surface area contributed by atoms with Crippen LogP contribution in [0.5, 0.6) is 5.88 Å². The van der Waals surface area contributed by atoms with Gasteiger partial charge in [0.25, 0.3) is 5.88 Å². The number of nitrogen functional groups attached to an aromatic ring is 1. The maximum atomic E-state index is 13.1. The predicted molar refractivity (Wildman–Crippen MR) is 120 cm³/mol. The summed E-state index contributed by atoms with van der Waals surface area (Å²) in [4.78, 5) is 23.5. The fourth-order valence-corrected chi connectivity index (χ4v) is 3.97. The molecule has 37 heavy (non-hydrogen) atoms. The third-order valence-electron chi connectivity index (χ3n) is 5.24. The standard InChI is InChI=1S/C20H18F6N8O2S/c21-19(22,23)11-7-12(20(24,25)26)9-14(8-11)30-18(35)34-5-3-33(4-6-34)15-16(32-37-31-15)36-10-13-1-2-28-17(27)29-13/h1-2,7-9H,3-6,10H2,(H,30,35)(H2,27,28,29). The first kappa shape index (κ1) is 26.2. The number of hydrogen-bond donors (Lipinski definition) is 2. The Labute approximate surface area is 209 Å². The Kier molecular flexibility index (Phi) is 7.24. The fourth-order valence-electron chi connectivity index (χ4n) is 3.45. The summed E-state index contributed by atoms with van der Waals surface area (Å²) >= 11 is 0.913. The van der Waals surface area contributed by atoms with Crippen LogP contribution in [0.1, 0.15) is 16.8 Å². The fraction of sp³-hybridized carbons (Fsp3) is 0.350. The largest absolute Gasteiger partial charge is 0.468 e. The van der Waals surface area contributed by atoms with Crippen molar-refractivity contribution >= 4 is 35.2 Å². The average molecular weight is 548 g/mol. The van der Waals surface area contributed by atoms with Crippen LogP contribution in [0.3, 0.4) is 0 Å². The molecule has 17 heteroatoms. The van der Waals surface area contributed by atoms with Gasteiger partial charge in [-0.15, -0.1) is 4.37 Å². The molecule has 198 valence electrons. The summed E-state index contributed by atoms with van der Waals surface area (Å²) in [5.74, 6) is 0.760. The van der Waals surface area contributed by atoms with E-state index in [1.54, 1.807) is 11.0 Å². The Morgan fingerprint density at radius 2 is 1.68 bits per heavy atom. The van der Waals surface area contributed by atoms with Gasteiger partial charge in [-0.1, -0.05) is 0 Å². The normalized spacial score (nSPS) is 14.5. The molecule has 0 aliphatic carbocycles. The highest BCUT2D eigenvalue weighted by molar-refractivity contribution is 6.99. The summed E-state index contributed by atoms with van der Waals surface area (Å²) in [6.45, 7) is 0.842. The van der Waals surface area contributed by atoms with Gasteiger partial charge in [-0.3, -0.25) is 0 Å². The lowest BCUT2D eigenvalue weighted by atomic mass is 10.1. The lowest BCUT2D eigenvalue weighted by molar-refractivity contribution is -0.143. The van der Waals surface area contributed by atoms with Crippen LogP contribution >= 0.6 is 11.7 Å². The maximum absolute atomic E-state index is 13.1. The van der Waals surface area contributed by atoms with Crippen LogP contribution in [-0.4, -0.2) is 55.8 Å². The zero-order valence-electron chi connectivity index (χ0n) is 18.7. The Balaban J connectivity index is 1.38. The van der Waals surface area contributed by atoms with E-state index in [1.807, 2.05) is 0 Å². The lowest BCUT2D eigenvalue weighted by Crippen LogP contribution is -2.50. The molecule has 0 saturated carbocycles. The highest BCUT2D eigenvalue weighted by atomic mass is 32.1. The van der Waals surface area contributed by atoms with E-state index in [-0.39, 0.29) is 50.7 Å². The molecule has 1 aliphatic heterocycles. The number of alkyl halides is 6. The molecule has 2 aromatic heterocycles. The van der Waals surface area contributed by atoms with E-state index in [0.29, 0.717) is 23.6 Å². The molecule has 4 rings (SSSR count). The molecule has 3 heterocycles. The summed E-state index contributed by atoms with van der Waals surface area (Å²) in [5, 5.41) is 2.14. The van der Waals surface area contributed by atoms with Gasteiger partial charge in [0.05, 0.1) is 28.5 Å². The lowest BCUT2D eigenvalue weighted by Gasteiger charge is -2.34. The van der Waals surface area contributed by atoms with E-state index in [4.69, 9.17) is 10.5 Å². The third-order valence-corrected chi connectivity index (χ3v) is 5.74. The van der Waals surface area contributed by atoms with Crippen molar-refractivity contribution in [2.75, 3.05) is 42.1 Å². The number of carbonyl (C=O) groups excluding carboxylic acids is 1. The van der Waals surface area contributed by atoms with Gasteiger partial charge in [0.2, 0.25) is 11.8 Å². The van der Waals surface area contributed by atoms with Gasteiger partial charge >= 0.3 is 18.4 Å². The van der Waals surface area contributed by atoms with E-state index in [9.17, 15) is 31.1 Å². The van der Waals surface area contributed by atoms with Crippen molar-refractivity contribution in [1.29, 1.82) is 0 Å². The van der Waals surface area contributed by atoms with Gasteiger partial charge < -0.3 is 25.6 Å². The van der Waals surface area contributed by atoms with Crippen molar-refractivity contribution < 1.29 is 35.9 Å². The number of piperazine rings is 1. The summed E-state index contributed by atoms with van der Waals surface area (Å²) in [5.41, 5.74) is 2.42. The number of amides is 2. The van der Waals surface area contributed by atoms with Crippen molar-refractivity contribution in [3.8, 4) is 5.88 Å². The molecule has 0 atom stereocenters. The van der Waals surface area contributed by atoms with Crippen LogP contribution in [0.25, 0.3) is 0 Å². The van der Waals surface area contributed by atoms with Crippen LogP contribution in [-0.2, 0) is 19.0 Å². The number of hydrogen-bond acceptors (Lipinski definition) is 9. The van der Waals surface area contributed by atoms with Crippen LogP contribution in [0, 0.1) is 0 Å². The molecule has 3 N–H and O–H groups in total. The summed E-state index contributed by atoms with van der Waals surface area (Å²) in [6.07, 6.45) is -8.56. The van der Waals surface area contributed by atoms with Gasteiger partial charge in [0, 0.05) is 38.1 Å². The number of urea groups is 1. The van der Waals surface area contributed by atoms with Crippen LogP contribution in [0.4, 0.5) is 48.6 Å². The predicted octanol–water partition coefficient (Wildman–Crippen LogP) is 3.88. The second kappa shape index (κ2) is 10.2. The molecule has 1 aliphatic rings. The first-order chi connectivity index (χ1) is 17.4. The van der Waals surface area contributed by atoms with Crippen molar-refractivity contribution in [1.82, 2.24) is 23.6 Å². The van der Waals surface area contributed by atoms with Crippen LogP contribution < -0.4 is 20.7 Å². The number of halogens is 6. The molecule has 10 nitrogen and oxygen atoms in total. The number of rotatable bonds is 5. The molecule has 0 spiro atoms. The van der Waals surface area contributed by atoms with Crippen LogP contribution in [0.15, 0.2) is 30.5 Å². The minimum atomic E-state index is -5.02. The molecule has 3 aromatic rings. The van der Waals surface area contributed by atoms with Gasteiger partial charge in [-0.05, 0) is 24.3 Å². The number of nitrogens with zero attached hydrogens (tertiary/aromatic N) is 6. The van der Waals surface area contributed by atoms with E-state index in [0.717, 1.165) is 11.7 Å². The summed E-state index contributed by atoms with van der Waals surface area (Å²) < 4.78 is 92.5. The first-order valence-corrected chi connectivity index (χ1v) is 11.3. The Morgan fingerprint density at radius 3 is 2.27 bits per heavy atom. The van der Waals surface area contributed by atoms with Crippen molar-refractivity contribution in [2.24, 2.45) is 0 Å². The zero-order chi connectivity index (χ0) is 26.8. The third kappa shape index (κ3) is 6.46. The highest BCUT2D eigenvalue weighted by Crippen LogP contribution is 2.37. The molecule has 1 fully saturated rings. The number of carbonyl (C=O) groups is 1. The zero-order valence-corrected chi connectivity index (χ0v) is 19.5. The monoisotopic (exact) mass is 548 g/mol. The molecular formula is C20H18F6N8O2S. The quantitative estimate of drug-likeness (QED) is 0.461. The second-order valence-corrected chi connectivity index (χ2v) is 8.32. The highest BCUT2D eigenvalue weighted by Gasteiger charge is 2.37. The minimum absolute atomic E-state index is 0.00431. The van der Waals surface area contributed by atoms with Crippen LogP contribution in [0.2, 0.25) is 0 Å². The maximum Gasteiger partial charge on any atom is 0.416 e. The van der Waals surface area contributed by atoms with Gasteiger partial charge in [-0.2, -0.15) is 30.7 Å². The van der Waals surface area contributed by atoms with Crippen molar-refractivity contribution in [2.45, 2.75) is 19.0 Å². The number of anilines is 3. The molecule has 0 unspecified atom stereocenters. The average Bonchev–Trinajstić information content (AvgIpc) is 3.30. The van der Waals surface area contributed by atoms with E-state index >= 15 is 0 Å². The van der Waals surface area contributed by atoms with E-state index in [1.165, 1.54) is 11.1 Å². The summed E-state index contributed by atoms with van der Waals surface area (Å²) in [7, 11) is 0. The number of ether oxygens (including phenoxy) is 1. The molecule has 2 amide bonds. The molecule has 0 radical (unpaired) electrons. The Morgan fingerprint density at radius 1 is 1.03 bits per heavy atom. The van der Waals surface area contributed by atoms with E-state index in [2.05, 4.69) is 24.0 Å². The van der Waals surface area contributed by atoms with Gasteiger partial charge in [0.15, 0.2) is 0 Å². The number of aromatic nitrogens is 4. The summed E-state index contributed by atoms with van der Waals surface area (Å²) in [6, 6.07) is 1.70. The van der Waals surface area contributed by atoms with E-state index < -0.39 is 35.2 Å².